The number of hydrogen-bond acceptors (Lipinski definition) is 1. The van der Waals surface area contributed by atoms with Crippen molar-refractivity contribution in [2.45, 2.75) is 51.4 Å². The third-order valence-electron chi connectivity index (χ3n) is 1.45. The monoisotopic (exact) mass is 202 g/mol. The van der Waals surface area contributed by atoms with Gasteiger partial charge in [-0.15, -0.1) is 0 Å². The molecule has 0 aromatic rings. The van der Waals surface area contributed by atoms with Gasteiger partial charge in [0.05, 0.1) is 16.1 Å². The number of hydrogen-bond donors (Lipinski definition) is 0. The second-order valence-electron chi connectivity index (χ2n) is 6.01. The van der Waals surface area contributed by atoms with E-state index in [2.05, 4.69) is 39.3 Å². The minimum atomic E-state index is -1.15. The highest BCUT2D eigenvalue weighted by atomic mass is 28.3. The summed E-state index contributed by atoms with van der Waals surface area (Å²) in [5.41, 5.74) is 0. The minimum Gasteiger partial charge on any atom is -0.300 e. The van der Waals surface area contributed by atoms with Gasteiger partial charge in [0.2, 0.25) is 0 Å². The fraction of sp³-hybridized carbons (Fsp3) is 0.889. The summed E-state index contributed by atoms with van der Waals surface area (Å²) < 4.78 is 0. The van der Waals surface area contributed by atoms with Crippen molar-refractivity contribution in [2.24, 2.45) is 0 Å². The first-order valence-corrected chi connectivity index (χ1v) is 12.0. The van der Waals surface area contributed by atoms with Crippen molar-refractivity contribution in [1.82, 2.24) is 0 Å². The van der Waals surface area contributed by atoms with E-state index in [0.29, 0.717) is 5.78 Å². The van der Waals surface area contributed by atoms with Crippen molar-refractivity contribution in [3.63, 3.8) is 0 Å². The van der Waals surface area contributed by atoms with Crippen molar-refractivity contribution in [3.05, 3.63) is 0 Å². The van der Waals surface area contributed by atoms with Crippen LogP contribution in [0.5, 0.6) is 0 Å². The summed E-state index contributed by atoms with van der Waals surface area (Å²) >= 11 is 0. The molecule has 0 aliphatic heterocycles. The van der Waals surface area contributed by atoms with E-state index in [1.165, 1.54) is 0 Å². The normalized spacial score (nSPS) is 13.2. The average molecular weight is 202 g/mol. The first kappa shape index (κ1) is 12.1. The minimum absolute atomic E-state index is 0.508. The summed E-state index contributed by atoms with van der Waals surface area (Å²) in [7, 11) is -2.29. The molecular weight excluding hydrogens is 180 g/mol. The molecule has 12 heavy (non-hydrogen) atoms. The maximum atomic E-state index is 11.5. The Morgan fingerprint density at radius 3 is 1.25 bits per heavy atom. The lowest BCUT2D eigenvalue weighted by molar-refractivity contribution is -0.115. The smallest absolute Gasteiger partial charge is 0.127 e. The van der Waals surface area contributed by atoms with Gasteiger partial charge in [-0.05, 0) is 0 Å². The molecule has 0 heterocycles. The molecule has 0 amide bonds. The molecular formula is C9H22OSi2. The molecule has 1 nitrogen and oxygen atoms in total. The Balaban J connectivity index is 3.92. The second-order valence-corrected chi connectivity index (χ2v) is 17.0. The van der Waals surface area contributed by atoms with Gasteiger partial charge in [0, 0.05) is 12.1 Å². The number of carbonyl (C=O) groups is 1. The van der Waals surface area contributed by atoms with Crippen molar-refractivity contribution in [1.29, 1.82) is 0 Å². The Morgan fingerprint density at radius 2 is 1.08 bits per heavy atom. The standard InChI is InChI=1S/C9H22OSi2/c1-11(2,3)7-9(10)8-12(4,5)6/h7-8H2,1-6H3. The van der Waals surface area contributed by atoms with Crippen LogP contribution in [0.15, 0.2) is 0 Å². The number of carbonyl (C=O) groups excluding carboxylic acids is 1. The largest absolute Gasteiger partial charge is 0.300 e. The molecule has 3 heteroatoms. The van der Waals surface area contributed by atoms with Crippen LogP contribution in [0.3, 0.4) is 0 Å². The molecule has 0 saturated carbocycles. The molecule has 0 spiro atoms. The molecule has 0 unspecified atom stereocenters. The lowest BCUT2D eigenvalue weighted by Crippen LogP contribution is -2.29. The lowest BCUT2D eigenvalue weighted by atomic mass is 10.5. The molecule has 0 aromatic heterocycles. The summed E-state index contributed by atoms with van der Waals surface area (Å²) in [6.07, 6.45) is 0. The SMILES string of the molecule is C[Si](C)(C)CC(=O)C[Si](C)(C)C. The average Bonchev–Trinajstić information content (AvgIpc) is 1.49. The van der Waals surface area contributed by atoms with Crippen LogP contribution in [0.4, 0.5) is 0 Å². The van der Waals surface area contributed by atoms with Gasteiger partial charge in [-0.1, -0.05) is 39.3 Å². The number of Topliss-reactive ketones (excluding diaryl/α,β-unsaturated/α-hetero) is 1. The molecule has 0 aliphatic rings. The molecule has 0 saturated heterocycles. The summed E-state index contributed by atoms with van der Waals surface area (Å²) in [6, 6.07) is 1.74. The van der Waals surface area contributed by atoms with Crippen LogP contribution in [0.1, 0.15) is 0 Å². The Morgan fingerprint density at radius 1 is 0.833 bits per heavy atom. The molecule has 0 radical (unpaired) electrons. The topological polar surface area (TPSA) is 17.1 Å². The van der Waals surface area contributed by atoms with E-state index in [1.54, 1.807) is 0 Å². The Kier molecular flexibility index (Phi) is 3.91. The Bertz CT molecular complexity index is 144. The van der Waals surface area contributed by atoms with Crippen LogP contribution in [0.2, 0.25) is 51.4 Å². The van der Waals surface area contributed by atoms with E-state index in [1.807, 2.05) is 0 Å². The van der Waals surface area contributed by atoms with Gasteiger partial charge in [-0.25, -0.2) is 0 Å². The quantitative estimate of drug-likeness (QED) is 0.640. The Labute approximate surface area is 78.6 Å². The predicted molar refractivity (Wildman–Crippen MR) is 61.3 cm³/mol. The molecule has 0 bridgehead atoms. The van der Waals surface area contributed by atoms with Crippen LogP contribution in [-0.4, -0.2) is 21.9 Å². The molecule has 0 atom stereocenters. The third-order valence-corrected chi connectivity index (χ3v) is 4.36. The highest BCUT2D eigenvalue weighted by Crippen LogP contribution is 2.15. The maximum Gasteiger partial charge on any atom is 0.127 e. The predicted octanol–water partition coefficient (Wildman–Crippen LogP) is 3.23. The van der Waals surface area contributed by atoms with E-state index < -0.39 is 16.1 Å². The fourth-order valence-electron chi connectivity index (χ4n) is 1.25. The van der Waals surface area contributed by atoms with E-state index in [9.17, 15) is 4.79 Å². The van der Waals surface area contributed by atoms with Gasteiger partial charge in [0.1, 0.15) is 5.78 Å². The van der Waals surface area contributed by atoms with Crippen LogP contribution in [0.25, 0.3) is 0 Å². The van der Waals surface area contributed by atoms with Gasteiger partial charge in [0.15, 0.2) is 0 Å². The van der Waals surface area contributed by atoms with E-state index >= 15 is 0 Å². The van der Waals surface area contributed by atoms with Gasteiger partial charge in [-0.3, -0.25) is 0 Å². The zero-order valence-corrected chi connectivity index (χ0v) is 11.3. The van der Waals surface area contributed by atoms with Crippen molar-refractivity contribution in [2.75, 3.05) is 0 Å². The lowest BCUT2D eigenvalue weighted by Gasteiger charge is -2.19. The van der Waals surface area contributed by atoms with Gasteiger partial charge >= 0.3 is 0 Å². The summed E-state index contributed by atoms with van der Waals surface area (Å²) in [5.74, 6) is 0.508. The van der Waals surface area contributed by atoms with Gasteiger partial charge < -0.3 is 4.79 Å². The second kappa shape index (κ2) is 3.87. The molecule has 0 aromatic carbocycles. The summed E-state index contributed by atoms with van der Waals surface area (Å²) in [4.78, 5) is 11.5. The zero-order valence-electron chi connectivity index (χ0n) is 9.32. The molecule has 0 rings (SSSR count). The van der Waals surface area contributed by atoms with Crippen molar-refractivity contribution < 1.29 is 4.79 Å². The molecule has 72 valence electrons. The first-order valence-electron chi connectivity index (χ1n) is 4.62. The first-order chi connectivity index (χ1) is 5.10. The maximum absolute atomic E-state index is 11.5. The molecule has 0 fully saturated rings. The number of ketones is 1. The van der Waals surface area contributed by atoms with Crippen LogP contribution in [0, 0.1) is 0 Å². The molecule has 0 aliphatic carbocycles. The van der Waals surface area contributed by atoms with E-state index in [0.717, 1.165) is 12.1 Å². The highest BCUT2D eigenvalue weighted by molar-refractivity contribution is 6.82. The zero-order chi connectivity index (χ0) is 9.99. The van der Waals surface area contributed by atoms with E-state index in [-0.39, 0.29) is 0 Å². The third kappa shape index (κ3) is 8.20. The Hall–Kier alpha value is 0.104. The van der Waals surface area contributed by atoms with Crippen molar-refractivity contribution in [3.8, 4) is 0 Å². The van der Waals surface area contributed by atoms with E-state index in [4.69, 9.17) is 0 Å². The molecule has 0 N–H and O–H groups in total. The van der Waals surface area contributed by atoms with Crippen LogP contribution < -0.4 is 0 Å². The fourth-order valence-corrected chi connectivity index (χ4v) is 4.11. The van der Waals surface area contributed by atoms with Crippen molar-refractivity contribution >= 4 is 21.9 Å². The number of rotatable bonds is 4. The highest BCUT2D eigenvalue weighted by Gasteiger charge is 2.23. The van der Waals surface area contributed by atoms with Gasteiger partial charge in [0.25, 0.3) is 0 Å². The summed E-state index contributed by atoms with van der Waals surface area (Å²) in [5, 5.41) is 0. The van der Waals surface area contributed by atoms with Gasteiger partial charge in [-0.2, -0.15) is 0 Å². The summed E-state index contributed by atoms with van der Waals surface area (Å²) in [6.45, 7) is 13.6. The van der Waals surface area contributed by atoms with Crippen LogP contribution >= 0.6 is 0 Å². The van der Waals surface area contributed by atoms with Crippen LogP contribution in [-0.2, 0) is 4.79 Å².